The van der Waals surface area contributed by atoms with Crippen LogP contribution in [-0.2, 0) is 13.6 Å². The lowest BCUT2D eigenvalue weighted by Crippen LogP contribution is -2.30. The molecule has 1 atom stereocenters. The molecule has 3 rings (SSSR count). The molecule has 0 aromatic carbocycles. The van der Waals surface area contributed by atoms with Crippen LogP contribution in [0.15, 0.2) is 18.6 Å². The lowest BCUT2D eigenvalue weighted by atomic mass is 9.79. The Hall–Kier alpha value is -1.69. The van der Waals surface area contributed by atoms with Crippen LogP contribution in [0.1, 0.15) is 36.6 Å². The van der Waals surface area contributed by atoms with Crippen LogP contribution in [0.5, 0.6) is 0 Å². The molecule has 6 heteroatoms. The highest BCUT2D eigenvalue weighted by atomic mass is 15.4. The first-order valence-electron chi connectivity index (χ1n) is 6.81. The molecule has 1 aliphatic rings. The second-order valence-electron chi connectivity index (χ2n) is 5.32. The van der Waals surface area contributed by atoms with E-state index in [1.807, 2.05) is 37.4 Å². The number of rotatable bonds is 5. The molecule has 0 bridgehead atoms. The summed E-state index contributed by atoms with van der Waals surface area (Å²) in [6, 6.07) is 0.344. The van der Waals surface area contributed by atoms with Crippen molar-refractivity contribution >= 4 is 0 Å². The van der Waals surface area contributed by atoms with E-state index in [1.165, 1.54) is 19.3 Å². The standard InChI is InChI=1S/C13H20N6/c1-14-13(11-4-3-5-11)12-9-19(17-16-12)8-10-6-15-18(2)7-10/h6-7,9,11,13-14H,3-5,8H2,1-2H3. The van der Waals surface area contributed by atoms with E-state index < -0.39 is 0 Å². The van der Waals surface area contributed by atoms with Gasteiger partial charge in [-0.15, -0.1) is 5.10 Å². The van der Waals surface area contributed by atoms with Crippen LogP contribution < -0.4 is 5.32 Å². The molecular formula is C13H20N6. The first kappa shape index (κ1) is 12.3. The van der Waals surface area contributed by atoms with E-state index in [2.05, 4.69) is 20.7 Å². The fourth-order valence-electron chi connectivity index (χ4n) is 2.67. The van der Waals surface area contributed by atoms with E-state index in [-0.39, 0.29) is 0 Å². The van der Waals surface area contributed by atoms with Gasteiger partial charge in [-0.05, 0) is 25.8 Å². The Morgan fingerprint density at radius 2 is 2.26 bits per heavy atom. The van der Waals surface area contributed by atoms with Crippen LogP contribution in [0.2, 0.25) is 0 Å². The zero-order valence-electron chi connectivity index (χ0n) is 11.5. The molecule has 1 saturated carbocycles. The molecule has 2 aromatic rings. The van der Waals surface area contributed by atoms with E-state index in [4.69, 9.17) is 0 Å². The average molecular weight is 260 g/mol. The Kier molecular flexibility index (Phi) is 3.33. The lowest BCUT2D eigenvalue weighted by molar-refractivity contribution is 0.236. The third-order valence-electron chi connectivity index (χ3n) is 3.91. The second-order valence-corrected chi connectivity index (χ2v) is 5.32. The Morgan fingerprint density at radius 3 is 2.84 bits per heavy atom. The van der Waals surface area contributed by atoms with Crippen LogP contribution in [-0.4, -0.2) is 31.8 Å². The van der Waals surface area contributed by atoms with Crippen LogP contribution in [0, 0.1) is 5.92 Å². The molecule has 2 aromatic heterocycles. The monoisotopic (exact) mass is 260 g/mol. The summed E-state index contributed by atoms with van der Waals surface area (Å²) >= 11 is 0. The van der Waals surface area contributed by atoms with Gasteiger partial charge < -0.3 is 5.32 Å². The Morgan fingerprint density at radius 1 is 1.42 bits per heavy atom. The number of aromatic nitrogens is 5. The third kappa shape index (κ3) is 2.53. The van der Waals surface area contributed by atoms with Gasteiger partial charge in [0.15, 0.2) is 0 Å². The fraction of sp³-hybridized carbons (Fsp3) is 0.615. The quantitative estimate of drug-likeness (QED) is 0.875. The maximum atomic E-state index is 4.32. The van der Waals surface area contributed by atoms with Crippen molar-refractivity contribution in [1.29, 1.82) is 0 Å². The number of hydrogen-bond acceptors (Lipinski definition) is 4. The smallest absolute Gasteiger partial charge is 0.0999 e. The van der Waals surface area contributed by atoms with Crippen molar-refractivity contribution in [2.45, 2.75) is 31.8 Å². The van der Waals surface area contributed by atoms with Crippen LogP contribution >= 0.6 is 0 Å². The Balaban J connectivity index is 1.71. The Bertz CT molecular complexity index is 539. The van der Waals surface area contributed by atoms with Crippen LogP contribution in [0.25, 0.3) is 0 Å². The van der Waals surface area contributed by atoms with E-state index in [9.17, 15) is 0 Å². The fourth-order valence-corrected chi connectivity index (χ4v) is 2.67. The molecule has 0 spiro atoms. The summed E-state index contributed by atoms with van der Waals surface area (Å²) in [5.74, 6) is 0.716. The van der Waals surface area contributed by atoms with Gasteiger partial charge in [0.25, 0.3) is 0 Å². The molecule has 0 saturated heterocycles. The van der Waals surface area contributed by atoms with Crippen molar-refractivity contribution in [3.05, 3.63) is 29.8 Å². The van der Waals surface area contributed by atoms with Gasteiger partial charge >= 0.3 is 0 Å². The molecule has 6 nitrogen and oxygen atoms in total. The van der Waals surface area contributed by atoms with Crippen molar-refractivity contribution in [1.82, 2.24) is 30.1 Å². The maximum Gasteiger partial charge on any atom is 0.0999 e. The van der Waals surface area contributed by atoms with Crippen LogP contribution in [0.4, 0.5) is 0 Å². The highest BCUT2D eigenvalue weighted by Gasteiger charge is 2.29. The third-order valence-corrected chi connectivity index (χ3v) is 3.91. The van der Waals surface area contributed by atoms with Crippen molar-refractivity contribution < 1.29 is 0 Å². The first-order valence-corrected chi connectivity index (χ1v) is 6.81. The molecule has 0 radical (unpaired) electrons. The summed E-state index contributed by atoms with van der Waals surface area (Å²) in [6.07, 6.45) is 9.84. The van der Waals surface area contributed by atoms with Crippen molar-refractivity contribution in [2.24, 2.45) is 13.0 Å². The van der Waals surface area contributed by atoms with E-state index in [0.717, 1.165) is 17.8 Å². The molecule has 2 heterocycles. The summed E-state index contributed by atoms with van der Waals surface area (Å²) in [6.45, 7) is 0.724. The number of nitrogens with one attached hydrogen (secondary N) is 1. The summed E-state index contributed by atoms with van der Waals surface area (Å²) in [5.41, 5.74) is 2.19. The zero-order chi connectivity index (χ0) is 13.2. The molecule has 1 unspecified atom stereocenters. The number of aryl methyl sites for hydroxylation is 1. The van der Waals surface area contributed by atoms with Gasteiger partial charge in [0.05, 0.1) is 30.7 Å². The highest BCUT2D eigenvalue weighted by Crippen LogP contribution is 2.36. The molecular weight excluding hydrogens is 240 g/mol. The van der Waals surface area contributed by atoms with Gasteiger partial charge in [-0.3, -0.25) is 4.68 Å². The Labute approximate surface area is 112 Å². The molecule has 102 valence electrons. The second kappa shape index (κ2) is 5.13. The number of hydrogen-bond donors (Lipinski definition) is 1. The highest BCUT2D eigenvalue weighted by molar-refractivity contribution is 5.08. The minimum atomic E-state index is 0.344. The van der Waals surface area contributed by atoms with Crippen molar-refractivity contribution in [3.8, 4) is 0 Å². The van der Waals surface area contributed by atoms with Gasteiger partial charge in [0, 0.05) is 18.8 Å². The molecule has 1 aliphatic carbocycles. The van der Waals surface area contributed by atoms with Gasteiger partial charge in [0.2, 0.25) is 0 Å². The normalized spacial score (nSPS) is 17.4. The van der Waals surface area contributed by atoms with Crippen LogP contribution in [0.3, 0.4) is 0 Å². The van der Waals surface area contributed by atoms with E-state index in [1.54, 1.807) is 4.68 Å². The largest absolute Gasteiger partial charge is 0.311 e. The van der Waals surface area contributed by atoms with E-state index >= 15 is 0 Å². The summed E-state index contributed by atoms with van der Waals surface area (Å²) in [5, 5.41) is 16.1. The average Bonchev–Trinajstić information content (AvgIpc) is 2.93. The topological polar surface area (TPSA) is 60.6 Å². The van der Waals surface area contributed by atoms with Crippen molar-refractivity contribution in [2.75, 3.05) is 7.05 Å². The lowest BCUT2D eigenvalue weighted by Gasteiger charge is -2.32. The molecule has 19 heavy (non-hydrogen) atoms. The van der Waals surface area contributed by atoms with Gasteiger partial charge in [-0.25, -0.2) is 4.68 Å². The van der Waals surface area contributed by atoms with Gasteiger partial charge in [0.1, 0.15) is 0 Å². The summed E-state index contributed by atoms with van der Waals surface area (Å²) in [4.78, 5) is 0. The minimum absolute atomic E-state index is 0.344. The molecule has 0 amide bonds. The zero-order valence-corrected chi connectivity index (χ0v) is 11.5. The minimum Gasteiger partial charge on any atom is -0.311 e. The summed E-state index contributed by atoms with van der Waals surface area (Å²) in [7, 11) is 3.92. The predicted molar refractivity (Wildman–Crippen MR) is 71.5 cm³/mol. The molecule has 1 fully saturated rings. The molecule has 1 N–H and O–H groups in total. The van der Waals surface area contributed by atoms with Gasteiger partial charge in [-0.1, -0.05) is 11.6 Å². The van der Waals surface area contributed by atoms with Crippen molar-refractivity contribution in [3.63, 3.8) is 0 Å². The maximum absolute atomic E-state index is 4.32. The van der Waals surface area contributed by atoms with Gasteiger partial charge in [-0.2, -0.15) is 5.10 Å². The first-order chi connectivity index (χ1) is 9.26. The molecule has 0 aliphatic heterocycles. The SMILES string of the molecule is CNC(c1cn(Cc2cnn(C)c2)nn1)C1CCC1. The summed E-state index contributed by atoms with van der Waals surface area (Å²) < 4.78 is 3.69. The predicted octanol–water partition coefficient (Wildman–Crippen LogP) is 1.12. The number of nitrogens with zero attached hydrogens (tertiary/aromatic N) is 5. The van der Waals surface area contributed by atoms with E-state index in [0.29, 0.717) is 12.0 Å².